The van der Waals surface area contributed by atoms with Crippen molar-refractivity contribution in [3.05, 3.63) is 53.1 Å². The topological polar surface area (TPSA) is 42.5 Å². The molecule has 0 aliphatic rings. The minimum absolute atomic E-state index is 0.0378. The molecule has 0 bridgehead atoms. The normalized spacial score (nSPS) is 11.6. The largest absolute Gasteiger partial charge is 0.490 e. The highest BCUT2D eigenvalue weighted by atomic mass is 32.1. The predicted octanol–water partition coefficient (Wildman–Crippen LogP) is 5.15. The minimum Gasteiger partial charge on any atom is -0.490 e. The third-order valence-electron chi connectivity index (χ3n) is 3.89. The van der Waals surface area contributed by atoms with Gasteiger partial charge >= 0.3 is 0 Å². The molecule has 0 saturated carbocycles. The third kappa shape index (κ3) is 5.63. The van der Waals surface area contributed by atoms with E-state index in [1.807, 2.05) is 32.0 Å². The van der Waals surface area contributed by atoms with Gasteiger partial charge < -0.3 is 20.1 Å². The molecule has 2 aromatic rings. The number of anilines is 1. The standard InChI is InChI=1S/C21H28N2O2S/c1-6-24-19-9-8-17(13-20(19)25-7-2)16(5)22-21(26)23-18-11-14(3)10-15(4)12-18/h8-13,16H,6-7H2,1-5H3,(H2,22,23,26)/t16-/m0/s1. The van der Waals surface area contributed by atoms with Crippen molar-refractivity contribution in [3.63, 3.8) is 0 Å². The lowest BCUT2D eigenvalue weighted by atomic mass is 10.1. The van der Waals surface area contributed by atoms with E-state index in [-0.39, 0.29) is 6.04 Å². The first-order valence-electron chi connectivity index (χ1n) is 8.98. The van der Waals surface area contributed by atoms with Crippen LogP contribution < -0.4 is 20.1 Å². The first kappa shape index (κ1) is 20.0. The maximum absolute atomic E-state index is 5.71. The molecule has 2 rings (SSSR count). The molecule has 140 valence electrons. The Labute approximate surface area is 161 Å². The van der Waals surface area contributed by atoms with Gasteiger partial charge in [-0.25, -0.2) is 0 Å². The fraction of sp³-hybridized carbons (Fsp3) is 0.381. The quantitative estimate of drug-likeness (QED) is 0.658. The molecule has 0 aliphatic heterocycles. The molecule has 0 heterocycles. The van der Waals surface area contributed by atoms with E-state index in [9.17, 15) is 0 Å². The summed E-state index contributed by atoms with van der Waals surface area (Å²) in [5, 5.41) is 7.18. The molecule has 0 fully saturated rings. The van der Waals surface area contributed by atoms with E-state index in [2.05, 4.69) is 49.6 Å². The maximum Gasteiger partial charge on any atom is 0.171 e. The molecule has 2 N–H and O–H groups in total. The first-order valence-corrected chi connectivity index (χ1v) is 9.39. The summed E-state index contributed by atoms with van der Waals surface area (Å²) >= 11 is 5.47. The van der Waals surface area contributed by atoms with Crippen LogP contribution in [0.1, 0.15) is 43.5 Å². The van der Waals surface area contributed by atoms with Crippen molar-refractivity contribution >= 4 is 23.0 Å². The lowest BCUT2D eigenvalue weighted by Gasteiger charge is -2.19. The number of ether oxygens (including phenoxy) is 2. The number of aryl methyl sites for hydroxylation is 2. The molecular formula is C21H28N2O2S. The van der Waals surface area contributed by atoms with Gasteiger partial charge in [-0.05, 0) is 87.8 Å². The summed E-state index contributed by atoms with van der Waals surface area (Å²) in [6, 6.07) is 12.3. The van der Waals surface area contributed by atoms with Gasteiger partial charge in [0, 0.05) is 5.69 Å². The highest BCUT2D eigenvalue weighted by Gasteiger charge is 2.12. The van der Waals surface area contributed by atoms with Gasteiger partial charge in [0.1, 0.15) is 0 Å². The van der Waals surface area contributed by atoms with Crippen LogP contribution in [0.4, 0.5) is 5.69 Å². The van der Waals surface area contributed by atoms with Gasteiger partial charge in [-0.3, -0.25) is 0 Å². The van der Waals surface area contributed by atoms with Crippen molar-refractivity contribution in [1.82, 2.24) is 5.32 Å². The van der Waals surface area contributed by atoms with Crippen molar-refractivity contribution in [3.8, 4) is 11.5 Å². The molecule has 0 unspecified atom stereocenters. The summed E-state index contributed by atoms with van der Waals surface area (Å²) in [5.74, 6) is 1.52. The first-order chi connectivity index (χ1) is 12.4. The SMILES string of the molecule is CCOc1ccc([C@H](C)NC(=S)Nc2cc(C)cc(C)c2)cc1OCC. The van der Waals surface area contributed by atoms with E-state index in [0.29, 0.717) is 18.3 Å². The van der Waals surface area contributed by atoms with Gasteiger partial charge in [0.05, 0.1) is 19.3 Å². The highest BCUT2D eigenvalue weighted by Crippen LogP contribution is 2.30. The van der Waals surface area contributed by atoms with Gasteiger partial charge in [-0.2, -0.15) is 0 Å². The fourth-order valence-corrected chi connectivity index (χ4v) is 3.13. The van der Waals surface area contributed by atoms with Gasteiger partial charge in [0.25, 0.3) is 0 Å². The molecule has 0 radical (unpaired) electrons. The molecule has 0 aliphatic carbocycles. The van der Waals surface area contributed by atoms with Gasteiger partial charge in [0.15, 0.2) is 16.6 Å². The van der Waals surface area contributed by atoms with E-state index in [1.54, 1.807) is 0 Å². The zero-order valence-corrected chi connectivity index (χ0v) is 17.0. The van der Waals surface area contributed by atoms with Crippen LogP contribution in [0.2, 0.25) is 0 Å². The van der Waals surface area contributed by atoms with Crippen LogP contribution in [0, 0.1) is 13.8 Å². The predicted molar refractivity (Wildman–Crippen MR) is 112 cm³/mol. The van der Waals surface area contributed by atoms with E-state index in [1.165, 1.54) is 11.1 Å². The molecule has 0 saturated heterocycles. The van der Waals surface area contributed by atoms with Crippen LogP contribution in [0.25, 0.3) is 0 Å². The number of hydrogen-bond acceptors (Lipinski definition) is 3. The third-order valence-corrected chi connectivity index (χ3v) is 4.11. The van der Waals surface area contributed by atoms with E-state index in [4.69, 9.17) is 21.7 Å². The number of hydrogen-bond donors (Lipinski definition) is 2. The summed E-state index contributed by atoms with van der Waals surface area (Å²) in [6.45, 7) is 11.4. The molecule has 4 nitrogen and oxygen atoms in total. The number of nitrogens with one attached hydrogen (secondary N) is 2. The monoisotopic (exact) mass is 372 g/mol. The van der Waals surface area contributed by atoms with Crippen molar-refractivity contribution in [2.45, 2.75) is 40.7 Å². The molecule has 5 heteroatoms. The average molecular weight is 373 g/mol. The van der Waals surface area contributed by atoms with E-state index in [0.717, 1.165) is 22.7 Å². The van der Waals surface area contributed by atoms with Gasteiger partial charge in [0.2, 0.25) is 0 Å². The zero-order valence-electron chi connectivity index (χ0n) is 16.2. The smallest absolute Gasteiger partial charge is 0.171 e. The van der Waals surface area contributed by atoms with Crippen molar-refractivity contribution in [2.24, 2.45) is 0 Å². The van der Waals surface area contributed by atoms with Crippen LogP contribution >= 0.6 is 12.2 Å². The van der Waals surface area contributed by atoms with Crippen LogP contribution in [-0.2, 0) is 0 Å². The van der Waals surface area contributed by atoms with Crippen molar-refractivity contribution in [1.29, 1.82) is 0 Å². The second-order valence-electron chi connectivity index (χ2n) is 6.27. The molecular weight excluding hydrogens is 344 g/mol. The summed E-state index contributed by atoms with van der Waals surface area (Å²) in [4.78, 5) is 0. The average Bonchev–Trinajstić information content (AvgIpc) is 2.55. The molecule has 0 spiro atoms. The van der Waals surface area contributed by atoms with Crippen molar-refractivity contribution in [2.75, 3.05) is 18.5 Å². The van der Waals surface area contributed by atoms with E-state index < -0.39 is 0 Å². The lowest BCUT2D eigenvalue weighted by Crippen LogP contribution is -2.31. The molecule has 26 heavy (non-hydrogen) atoms. The van der Waals surface area contributed by atoms with Gasteiger partial charge in [-0.15, -0.1) is 0 Å². The lowest BCUT2D eigenvalue weighted by molar-refractivity contribution is 0.287. The highest BCUT2D eigenvalue weighted by molar-refractivity contribution is 7.80. The number of rotatable bonds is 7. The Morgan fingerprint density at radius 1 is 0.962 bits per heavy atom. The second kappa shape index (κ2) is 9.43. The maximum atomic E-state index is 5.71. The number of benzene rings is 2. The van der Waals surface area contributed by atoms with Crippen LogP contribution in [0.3, 0.4) is 0 Å². The molecule has 2 aromatic carbocycles. The Balaban J connectivity index is 2.07. The van der Waals surface area contributed by atoms with E-state index >= 15 is 0 Å². The molecule has 0 amide bonds. The van der Waals surface area contributed by atoms with Gasteiger partial charge in [-0.1, -0.05) is 12.1 Å². The summed E-state index contributed by atoms with van der Waals surface area (Å²) < 4.78 is 11.3. The molecule has 1 atom stereocenters. The zero-order chi connectivity index (χ0) is 19.1. The Morgan fingerprint density at radius 3 is 2.19 bits per heavy atom. The van der Waals surface area contributed by atoms with Crippen LogP contribution in [0.5, 0.6) is 11.5 Å². The fourth-order valence-electron chi connectivity index (χ4n) is 2.83. The summed E-state index contributed by atoms with van der Waals surface area (Å²) in [7, 11) is 0. The Morgan fingerprint density at radius 2 is 1.58 bits per heavy atom. The van der Waals surface area contributed by atoms with Crippen molar-refractivity contribution < 1.29 is 9.47 Å². The second-order valence-corrected chi connectivity index (χ2v) is 6.68. The summed E-state index contributed by atoms with van der Waals surface area (Å²) in [6.07, 6.45) is 0. The Kier molecular flexibility index (Phi) is 7.27. The van der Waals surface area contributed by atoms with Crippen LogP contribution in [-0.4, -0.2) is 18.3 Å². The Hall–Kier alpha value is -2.27. The molecule has 0 aromatic heterocycles. The Bertz CT molecular complexity index is 741. The number of thiocarbonyl (C=S) groups is 1. The van der Waals surface area contributed by atoms with Crippen LogP contribution in [0.15, 0.2) is 36.4 Å². The minimum atomic E-state index is 0.0378. The summed E-state index contributed by atoms with van der Waals surface area (Å²) in [5.41, 5.74) is 4.49.